The highest BCUT2D eigenvalue weighted by atomic mass is 32.2. The van der Waals surface area contributed by atoms with Gasteiger partial charge in [0.1, 0.15) is 0 Å². The second kappa shape index (κ2) is 10.9. The Kier molecular flexibility index (Phi) is 7.95. The molecule has 1 amide bonds. The van der Waals surface area contributed by atoms with Gasteiger partial charge in [-0.3, -0.25) is 4.79 Å². The van der Waals surface area contributed by atoms with E-state index in [9.17, 15) is 9.90 Å². The standard InChI is InChI=1S/C27H37NO2S/c1-20-7-6-9-21(15-20)8-2-3-10-24-25-17-22(16-23(25)18-26(24)29)11-14-31-19-27(30)28-12-4-5-13-28/h3,6-7,9-10,15-16,23-26,29H,2,4-5,8,11-14,17-19H2,1H3/t23-,24+,25-,26+/m0/s1. The molecule has 168 valence electrons. The predicted molar refractivity (Wildman–Crippen MR) is 130 cm³/mol. The number of amides is 1. The van der Waals surface area contributed by atoms with Gasteiger partial charge in [0.15, 0.2) is 0 Å². The van der Waals surface area contributed by atoms with Gasteiger partial charge in [-0.25, -0.2) is 0 Å². The molecule has 0 spiro atoms. The number of hydrogen-bond acceptors (Lipinski definition) is 3. The Hall–Kier alpha value is -1.52. The van der Waals surface area contributed by atoms with E-state index in [-0.39, 0.29) is 6.10 Å². The monoisotopic (exact) mass is 439 g/mol. The molecule has 2 fully saturated rings. The summed E-state index contributed by atoms with van der Waals surface area (Å²) < 4.78 is 0. The maximum atomic E-state index is 12.2. The molecule has 3 aliphatic rings. The molecule has 4 heteroatoms. The SMILES string of the molecule is Cc1cccc(CCC=C[C@@H]2[C@H]3CC(CCSCC(=O)N4CCCC4)=C[C@H]3C[C@H]2O)c1. The molecule has 4 atom stereocenters. The molecule has 31 heavy (non-hydrogen) atoms. The van der Waals surface area contributed by atoms with Crippen molar-refractivity contribution < 1.29 is 9.90 Å². The van der Waals surface area contributed by atoms with Gasteiger partial charge >= 0.3 is 0 Å². The van der Waals surface area contributed by atoms with Crippen LogP contribution in [0.1, 0.15) is 49.7 Å². The molecule has 3 nitrogen and oxygen atoms in total. The van der Waals surface area contributed by atoms with E-state index in [2.05, 4.69) is 49.4 Å². The van der Waals surface area contributed by atoms with E-state index in [4.69, 9.17) is 0 Å². The van der Waals surface area contributed by atoms with Gasteiger partial charge < -0.3 is 10.0 Å². The number of rotatable bonds is 9. The van der Waals surface area contributed by atoms with E-state index in [1.165, 1.54) is 24.0 Å². The lowest BCUT2D eigenvalue weighted by Crippen LogP contribution is -2.29. The Bertz CT molecular complexity index is 811. The molecule has 0 bridgehead atoms. The van der Waals surface area contributed by atoms with Crippen LogP contribution < -0.4 is 0 Å². The van der Waals surface area contributed by atoms with Crippen molar-refractivity contribution >= 4 is 17.7 Å². The third-order valence-corrected chi connectivity index (χ3v) is 8.19. The summed E-state index contributed by atoms with van der Waals surface area (Å²) in [7, 11) is 0. The molecule has 1 heterocycles. The second-order valence-electron chi connectivity index (χ2n) is 9.58. The summed E-state index contributed by atoms with van der Waals surface area (Å²) in [5.74, 6) is 3.37. The van der Waals surface area contributed by atoms with Gasteiger partial charge in [0.25, 0.3) is 0 Å². The number of likely N-dealkylation sites (tertiary alicyclic amines) is 1. The van der Waals surface area contributed by atoms with Gasteiger partial charge in [-0.2, -0.15) is 11.8 Å². The van der Waals surface area contributed by atoms with E-state index in [0.29, 0.717) is 29.4 Å². The first kappa shape index (κ1) is 22.7. The highest BCUT2D eigenvalue weighted by Gasteiger charge is 2.43. The van der Waals surface area contributed by atoms with E-state index < -0.39 is 0 Å². The van der Waals surface area contributed by atoms with Crippen molar-refractivity contribution in [2.24, 2.45) is 17.8 Å². The summed E-state index contributed by atoms with van der Waals surface area (Å²) in [6.45, 7) is 4.05. The number of carbonyl (C=O) groups is 1. The van der Waals surface area contributed by atoms with Crippen LogP contribution in [0.3, 0.4) is 0 Å². The van der Waals surface area contributed by atoms with Gasteiger partial charge in [-0.05, 0) is 75.0 Å². The van der Waals surface area contributed by atoms with E-state index in [1.54, 1.807) is 17.3 Å². The molecular weight excluding hydrogens is 402 g/mol. The minimum absolute atomic E-state index is 0.199. The van der Waals surface area contributed by atoms with Gasteiger partial charge in [0.05, 0.1) is 11.9 Å². The highest BCUT2D eigenvalue weighted by Crippen LogP contribution is 2.48. The molecule has 1 saturated heterocycles. The molecule has 1 aromatic carbocycles. The quantitative estimate of drug-likeness (QED) is 0.426. The molecule has 2 aliphatic carbocycles. The number of fused-ring (bicyclic) bond motifs is 1. The maximum Gasteiger partial charge on any atom is 0.232 e. The van der Waals surface area contributed by atoms with Crippen molar-refractivity contribution in [2.45, 2.75) is 58.0 Å². The first-order valence-corrected chi connectivity index (χ1v) is 13.2. The fourth-order valence-electron chi connectivity index (χ4n) is 5.58. The summed E-state index contributed by atoms with van der Waals surface area (Å²) in [6, 6.07) is 8.73. The van der Waals surface area contributed by atoms with E-state index in [1.807, 2.05) is 4.90 Å². The fourth-order valence-corrected chi connectivity index (χ4v) is 6.49. The number of hydrogen-bond donors (Lipinski definition) is 1. The molecule has 1 aromatic rings. The average Bonchev–Trinajstić information content (AvgIpc) is 3.46. The number of aliphatic hydroxyl groups excluding tert-OH is 1. The summed E-state index contributed by atoms with van der Waals surface area (Å²) >= 11 is 1.78. The minimum Gasteiger partial charge on any atom is -0.392 e. The smallest absolute Gasteiger partial charge is 0.232 e. The van der Waals surface area contributed by atoms with Crippen LogP contribution in [0.2, 0.25) is 0 Å². The summed E-state index contributed by atoms with van der Waals surface area (Å²) in [6.07, 6.45) is 14.4. The Morgan fingerprint density at radius 3 is 2.90 bits per heavy atom. The van der Waals surface area contributed by atoms with Crippen molar-refractivity contribution in [2.75, 3.05) is 24.6 Å². The minimum atomic E-state index is -0.199. The zero-order valence-electron chi connectivity index (χ0n) is 18.8. The van der Waals surface area contributed by atoms with Crippen LogP contribution in [0.15, 0.2) is 48.1 Å². The molecule has 0 aromatic heterocycles. The van der Waals surface area contributed by atoms with Gasteiger partial charge in [-0.15, -0.1) is 0 Å². The third-order valence-electron chi connectivity index (χ3n) is 7.24. The van der Waals surface area contributed by atoms with Gasteiger partial charge in [0, 0.05) is 19.0 Å². The predicted octanol–water partition coefficient (Wildman–Crippen LogP) is 5.17. The highest BCUT2D eigenvalue weighted by molar-refractivity contribution is 7.99. The lowest BCUT2D eigenvalue weighted by atomic mass is 9.89. The number of allylic oxidation sites excluding steroid dienone is 3. The number of thioether (sulfide) groups is 1. The first-order chi connectivity index (χ1) is 15.1. The van der Waals surface area contributed by atoms with Crippen LogP contribution in [0.4, 0.5) is 0 Å². The van der Waals surface area contributed by atoms with Gasteiger partial charge in [0.2, 0.25) is 5.91 Å². The number of benzene rings is 1. The van der Waals surface area contributed by atoms with Gasteiger partial charge in [-0.1, -0.05) is 53.6 Å². The number of aryl methyl sites for hydroxylation is 2. The van der Waals surface area contributed by atoms with Crippen LogP contribution in [-0.2, 0) is 11.2 Å². The van der Waals surface area contributed by atoms with Crippen molar-refractivity contribution in [3.8, 4) is 0 Å². The van der Waals surface area contributed by atoms with E-state index >= 15 is 0 Å². The second-order valence-corrected chi connectivity index (χ2v) is 10.7. The normalized spacial score (nSPS) is 27.8. The Morgan fingerprint density at radius 1 is 1.26 bits per heavy atom. The summed E-state index contributed by atoms with van der Waals surface area (Å²) in [4.78, 5) is 14.2. The van der Waals surface area contributed by atoms with Crippen LogP contribution >= 0.6 is 11.8 Å². The van der Waals surface area contributed by atoms with Crippen LogP contribution in [0, 0.1) is 24.7 Å². The lowest BCUT2D eigenvalue weighted by Gasteiger charge is -2.18. The topological polar surface area (TPSA) is 40.5 Å². The molecule has 0 unspecified atom stereocenters. The summed E-state index contributed by atoms with van der Waals surface area (Å²) in [5.41, 5.74) is 4.25. The summed E-state index contributed by atoms with van der Waals surface area (Å²) in [5, 5.41) is 10.6. The van der Waals surface area contributed by atoms with Crippen LogP contribution in [-0.4, -0.2) is 46.6 Å². The van der Waals surface area contributed by atoms with Crippen LogP contribution in [0.5, 0.6) is 0 Å². The number of nitrogens with zero attached hydrogens (tertiary/aromatic N) is 1. The first-order valence-electron chi connectivity index (χ1n) is 12.1. The Morgan fingerprint density at radius 2 is 2.10 bits per heavy atom. The van der Waals surface area contributed by atoms with Crippen molar-refractivity contribution in [1.29, 1.82) is 0 Å². The molecule has 1 aliphatic heterocycles. The lowest BCUT2D eigenvalue weighted by molar-refractivity contribution is -0.127. The van der Waals surface area contributed by atoms with Crippen molar-refractivity contribution in [3.63, 3.8) is 0 Å². The maximum absolute atomic E-state index is 12.2. The molecule has 0 radical (unpaired) electrons. The average molecular weight is 440 g/mol. The molecule has 4 rings (SSSR count). The van der Waals surface area contributed by atoms with Crippen molar-refractivity contribution in [1.82, 2.24) is 4.90 Å². The number of aliphatic hydroxyl groups is 1. The Balaban J connectivity index is 1.18. The van der Waals surface area contributed by atoms with Crippen molar-refractivity contribution in [3.05, 3.63) is 59.2 Å². The Labute approximate surface area is 192 Å². The fraction of sp³-hybridized carbons (Fsp3) is 0.593. The van der Waals surface area contributed by atoms with E-state index in [0.717, 1.165) is 50.9 Å². The molecular formula is C27H37NO2S. The zero-order valence-corrected chi connectivity index (χ0v) is 19.7. The zero-order chi connectivity index (χ0) is 21.6. The molecule has 1 N–H and O–H groups in total. The third kappa shape index (κ3) is 6.04. The van der Waals surface area contributed by atoms with Crippen LogP contribution in [0.25, 0.3) is 0 Å². The molecule has 1 saturated carbocycles. The largest absolute Gasteiger partial charge is 0.392 e. The number of carbonyl (C=O) groups excluding carboxylic acids is 1.